The minimum Gasteiger partial charge on any atom is -0.325 e. The molecule has 0 bridgehead atoms. The van der Waals surface area contributed by atoms with Crippen LogP contribution in [-0.2, 0) is 4.79 Å². The van der Waals surface area contributed by atoms with E-state index in [2.05, 4.69) is 33.9 Å². The number of hydrogen-bond donors (Lipinski definition) is 1. The van der Waals surface area contributed by atoms with Crippen molar-refractivity contribution in [2.45, 2.75) is 43.8 Å². The summed E-state index contributed by atoms with van der Waals surface area (Å²) in [6.07, 6.45) is 2.26. The molecule has 0 atom stereocenters. The number of hydrogen-bond acceptors (Lipinski definition) is 4. The number of amides is 1. The molecular weight excluding hydrogens is 351 g/mol. The first-order chi connectivity index (χ1) is 11.5. The molecule has 1 heterocycles. The van der Waals surface area contributed by atoms with Gasteiger partial charge in [0.2, 0.25) is 5.91 Å². The highest BCUT2D eigenvalue weighted by Gasteiger charge is 2.30. The maximum atomic E-state index is 13.1. The molecule has 1 fully saturated rings. The van der Waals surface area contributed by atoms with Crippen LogP contribution in [0.3, 0.4) is 0 Å². The Hall–Kier alpha value is -1.60. The third kappa shape index (κ3) is 3.89. The number of rotatable bonds is 6. The lowest BCUT2D eigenvalue weighted by molar-refractivity contribution is -0.113. The Labute approximate surface area is 149 Å². The van der Waals surface area contributed by atoms with Gasteiger partial charge in [0.05, 0.1) is 10.8 Å². The van der Waals surface area contributed by atoms with Crippen LogP contribution in [0.2, 0.25) is 5.02 Å². The fraction of sp³-hybridized carbons (Fsp3) is 0.438. The van der Waals surface area contributed by atoms with Gasteiger partial charge in [0, 0.05) is 17.6 Å². The van der Waals surface area contributed by atoms with Gasteiger partial charge in [0.1, 0.15) is 11.6 Å². The molecule has 0 spiro atoms. The summed E-state index contributed by atoms with van der Waals surface area (Å²) in [6.45, 7) is 4.17. The van der Waals surface area contributed by atoms with Gasteiger partial charge in [0.15, 0.2) is 5.16 Å². The average molecular weight is 369 g/mol. The lowest BCUT2D eigenvalue weighted by atomic mass is 10.2. The van der Waals surface area contributed by atoms with Crippen molar-refractivity contribution in [1.82, 2.24) is 14.8 Å². The standard InChI is InChI=1S/C16H18ClFN4OS/c1-9(2)15-20-21-16(22(15)11-4-5-11)24-8-14(23)19-10-3-6-13(18)12(17)7-10/h3,6-7,9,11H,4-5,8H2,1-2H3,(H,19,23). The van der Waals surface area contributed by atoms with Crippen molar-refractivity contribution in [2.24, 2.45) is 0 Å². The van der Waals surface area contributed by atoms with Crippen LogP contribution in [0.1, 0.15) is 44.5 Å². The summed E-state index contributed by atoms with van der Waals surface area (Å²) in [5.74, 6) is 0.757. The molecule has 3 rings (SSSR count). The van der Waals surface area contributed by atoms with Gasteiger partial charge in [0.25, 0.3) is 0 Å². The van der Waals surface area contributed by atoms with Crippen LogP contribution >= 0.6 is 23.4 Å². The van der Waals surface area contributed by atoms with E-state index in [9.17, 15) is 9.18 Å². The predicted molar refractivity (Wildman–Crippen MR) is 93.1 cm³/mol. The maximum absolute atomic E-state index is 13.1. The summed E-state index contributed by atoms with van der Waals surface area (Å²) in [4.78, 5) is 12.1. The van der Waals surface area contributed by atoms with Crippen molar-refractivity contribution < 1.29 is 9.18 Å². The van der Waals surface area contributed by atoms with Crippen LogP contribution in [0.4, 0.5) is 10.1 Å². The van der Waals surface area contributed by atoms with Gasteiger partial charge in [-0.15, -0.1) is 10.2 Å². The number of carbonyl (C=O) groups is 1. The lowest BCUT2D eigenvalue weighted by Crippen LogP contribution is -2.15. The zero-order valence-electron chi connectivity index (χ0n) is 13.4. The molecule has 2 aromatic rings. The molecule has 24 heavy (non-hydrogen) atoms. The topological polar surface area (TPSA) is 59.8 Å². The predicted octanol–water partition coefficient (Wildman–Crippen LogP) is 4.26. The van der Waals surface area contributed by atoms with E-state index >= 15 is 0 Å². The molecule has 1 aromatic heterocycles. The Kier molecular flexibility index (Phi) is 5.10. The average Bonchev–Trinajstić information content (AvgIpc) is 3.28. The molecule has 1 aliphatic carbocycles. The molecule has 1 saturated carbocycles. The summed E-state index contributed by atoms with van der Waals surface area (Å²) < 4.78 is 15.3. The first-order valence-corrected chi connectivity index (χ1v) is 9.14. The van der Waals surface area contributed by atoms with E-state index in [1.165, 1.54) is 30.0 Å². The zero-order valence-corrected chi connectivity index (χ0v) is 15.0. The molecule has 1 amide bonds. The van der Waals surface area contributed by atoms with Crippen molar-refractivity contribution in [1.29, 1.82) is 0 Å². The van der Waals surface area contributed by atoms with Gasteiger partial charge >= 0.3 is 0 Å². The highest BCUT2D eigenvalue weighted by atomic mass is 35.5. The van der Waals surface area contributed by atoms with Crippen molar-refractivity contribution in [3.63, 3.8) is 0 Å². The lowest BCUT2D eigenvalue weighted by Gasteiger charge is -2.10. The van der Waals surface area contributed by atoms with E-state index < -0.39 is 5.82 Å². The van der Waals surface area contributed by atoms with E-state index in [0.29, 0.717) is 17.6 Å². The van der Waals surface area contributed by atoms with E-state index in [-0.39, 0.29) is 16.7 Å². The third-order valence-corrected chi connectivity index (χ3v) is 4.89. The quantitative estimate of drug-likeness (QED) is 0.774. The second kappa shape index (κ2) is 7.11. The molecule has 128 valence electrons. The molecule has 0 radical (unpaired) electrons. The number of halogens is 2. The van der Waals surface area contributed by atoms with E-state index in [0.717, 1.165) is 23.8 Å². The van der Waals surface area contributed by atoms with Gasteiger partial charge < -0.3 is 9.88 Å². The number of thioether (sulfide) groups is 1. The second-order valence-corrected chi connectivity index (χ2v) is 7.41. The minimum atomic E-state index is -0.511. The fourth-order valence-electron chi connectivity index (χ4n) is 2.36. The molecular formula is C16H18ClFN4OS. The number of nitrogens with one attached hydrogen (secondary N) is 1. The number of anilines is 1. The Balaban J connectivity index is 1.63. The van der Waals surface area contributed by atoms with Crippen LogP contribution < -0.4 is 5.32 Å². The maximum Gasteiger partial charge on any atom is 0.234 e. The van der Waals surface area contributed by atoms with Gasteiger partial charge in [-0.3, -0.25) is 4.79 Å². The Morgan fingerprint density at radius 3 is 2.83 bits per heavy atom. The molecule has 1 N–H and O–H groups in total. The van der Waals surface area contributed by atoms with Crippen molar-refractivity contribution in [2.75, 3.05) is 11.1 Å². The van der Waals surface area contributed by atoms with E-state index in [1.807, 2.05) is 0 Å². The molecule has 0 unspecified atom stereocenters. The first-order valence-electron chi connectivity index (χ1n) is 7.78. The Morgan fingerprint density at radius 2 is 2.21 bits per heavy atom. The summed E-state index contributed by atoms with van der Waals surface area (Å²) in [7, 11) is 0. The van der Waals surface area contributed by atoms with Gasteiger partial charge in [-0.1, -0.05) is 37.2 Å². The van der Waals surface area contributed by atoms with E-state index in [1.54, 1.807) is 0 Å². The molecule has 0 aliphatic heterocycles. The largest absolute Gasteiger partial charge is 0.325 e. The van der Waals surface area contributed by atoms with Gasteiger partial charge in [-0.25, -0.2) is 4.39 Å². The van der Waals surface area contributed by atoms with Crippen LogP contribution in [0.5, 0.6) is 0 Å². The molecule has 5 nitrogen and oxygen atoms in total. The zero-order chi connectivity index (χ0) is 17.3. The van der Waals surface area contributed by atoms with Crippen molar-refractivity contribution >= 4 is 35.0 Å². The number of benzene rings is 1. The van der Waals surface area contributed by atoms with Crippen LogP contribution in [-0.4, -0.2) is 26.4 Å². The molecule has 0 saturated heterocycles. The molecule has 8 heteroatoms. The summed E-state index contributed by atoms with van der Waals surface area (Å²) in [6, 6.07) is 4.55. The van der Waals surface area contributed by atoms with Gasteiger partial charge in [-0.2, -0.15) is 0 Å². The number of aromatic nitrogens is 3. The minimum absolute atomic E-state index is 0.0181. The molecule has 1 aliphatic rings. The fourth-order valence-corrected chi connectivity index (χ4v) is 3.35. The first kappa shape index (κ1) is 17.2. The SMILES string of the molecule is CC(C)c1nnc(SCC(=O)Nc2ccc(F)c(Cl)c2)n1C1CC1. The summed E-state index contributed by atoms with van der Waals surface area (Å²) in [5.41, 5.74) is 0.471. The second-order valence-electron chi connectivity index (χ2n) is 6.06. The van der Waals surface area contributed by atoms with E-state index in [4.69, 9.17) is 11.6 Å². The summed E-state index contributed by atoms with van der Waals surface area (Å²) in [5, 5.41) is 11.9. The summed E-state index contributed by atoms with van der Waals surface area (Å²) >= 11 is 7.07. The molecule has 1 aromatic carbocycles. The Bertz CT molecular complexity index is 761. The van der Waals surface area contributed by atoms with Gasteiger partial charge in [-0.05, 0) is 31.0 Å². The highest BCUT2D eigenvalue weighted by molar-refractivity contribution is 7.99. The number of carbonyl (C=O) groups excluding carboxylic acids is 1. The highest BCUT2D eigenvalue weighted by Crippen LogP contribution is 2.40. The van der Waals surface area contributed by atoms with Crippen molar-refractivity contribution in [3.05, 3.63) is 34.9 Å². The van der Waals surface area contributed by atoms with Crippen LogP contribution in [0, 0.1) is 5.82 Å². The number of nitrogens with zero attached hydrogens (tertiary/aromatic N) is 3. The normalized spacial score (nSPS) is 14.2. The van der Waals surface area contributed by atoms with Crippen LogP contribution in [0.15, 0.2) is 23.4 Å². The Morgan fingerprint density at radius 1 is 1.46 bits per heavy atom. The monoisotopic (exact) mass is 368 g/mol. The van der Waals surface area contributed by atoms with Crippen LogP contribution in [0.25, 0.3) is 0 Å². The smallest absolute Gasteiger partial charge is 0.234 e. The third-order valence-electron chi connectivity index (χ3n) is 3.66. The van der Waals surface area contributed by atoms with Crippen molar-refractivity contribution in [3.8, 4) is 0 Å².